The first-order chi connectivity index (χ1) is 15.5. The molecule has 1 heterocycles. The molecule has 1 aliphatic rings. The number of methoxy groups -OCH3 is 1. The Balaban J connectivity index is 1.54. The molecule has 0 bridgehead atoms. The van der Waals surface area contributed by atoms with E-state index < -0.39 is 0 Å². The minimum Gasteiger partial charge on any atom is -0.497 e. The van der Waals surface area contributed by atoms with Gasteiger partial charge in [0, 0.05) is 28.8 Å². The van der Waals surface area contributed by atoms with Gasteiger partial charge in [0.2, 0.25) is 0 Å². The summed E-state index contributed by atoms with van der Waals surface area (Å²) < 4.78 is 11.1. The maximum absolute atomic E-state index is 12.8. The number of fused-ring (bicyclic) bond motifs is 1. The van der Waals surface area contributed by atoms with E-state index in [0.717, 1.165) is 35.4 Å². The van der Waals surface area contributed by atoms with Gasteiger partial charge in [-0.1, -0.05) is 17.7 Å². The minimum atomic E-state index is -0.329. The lowest BCUT2D eigenvalue weighted by molar-refractivity contribution is 0.0953. The first kappa shape index (κ1) is 21.4. The van der Waals surface area contributed by atoms with Gasteiger partial charge in [-0.25, -0.2) is 5.43 Å². The molecule has 0 radical (unpaired) electrons. The average molecular weight is 431 g/mol. The van der Waals surface area contributed by atoms with Gasteiger partial charge >= 0.3 is 0 Å². The number of anilines is 1. The molecule has 0 fully saturated rings. The van der Waals surface area contributed by atoms with Crippen LogP contribution in [-0.4, -0.2) is 24.6 Å². The van der Waals surface area contributed by atoms with Crippen LogP contribution in [0.4, 0.5) is 5.69 Å². The second-order valence-corrected chi connectivity index (χ2v) is 7.76. The van der Waals surface area contributed by atoms with Crippen LogP contribution in [0.1, 0.15) is 56.2 Å². The summed E-state index contributed by atoms with van der Waals surface area (Å²) in [7, 11) is 1.59. The van der Waals surface area contributed by atoms with Crippen molar-refractivity contribution >= 4 is 23.2 Å². The lowest BCUT2D eigenvalue weighted by atomic mass is 9.93. The zero-order valence-corrected chi connectivity index (χ0v) is 18.3. The Morgan fingerprint density at radius 1 is 0.969 bits per heavy atom. The quantitative estimate of drug-likeness (QED) is 0.576. The van der Waals surface area contributed by atoms with Crippen LogP contribution in [0.25, 0.3) is 0 Å². The highest BCUT2D eigenvalue weighted by Gasteiger charge is 2.28. The summed E-state index contributed by atoms with van der Waals surface area (Å²) in [4.78, 5) is 25.3. The van der Waals surface area contributed by atoms with E-state index in [-0.39, 0.29) is 17.6 Å². The molecule has 0 unspecified atom stereocenters. The van der Waals surface area contributed by atoms with Crippen molar-refractivity contribution < 1.29 is 18.7 Å². The van der Waals surface area contributed by atoms with Crippen LogP contribution in [-0.2, 0) is 6.42 Å². The monoisotopic (exact) mass is 431 g/mol. The van der Waals surface area contributed by atoms with Gasteiger partial charge in [-0.15, -0.1) is 0 Å². The number of hydrazone groups is 1. The number of nitrogens with one attached hydrogen (secondary N) is 2. The van der Waals surface area contributed by atoms with Gasteiger partial charge in [0.25, 0.3) is 11.8 Å². The lowest BCUT2D eigenvalue weighted by Crippen LogP contribution is -2.22. The number of hydrogen-bond acceptors (Lipinski definition) is 5. The van der Waals surface area contributed by atoms with E-state index in [2.05, 4.69) is 15.8 Å². The Morgan fingerprint density at radius 3 is 2.38 bits per heavy atom. The van der Waals surface area contributed by atoms with E-state index in [1.54, 1.807) is 43.5 Å². The maximum atomic E-state index is 12.8. The number of benzene rings is 2. The van der Waals surface area contributed by atoms with Gasteiger partial charge in [-0.2, -0.15) is 5.10 Å². The molecule has 0 spiro atoms. The van der Waals surface area contributed by atoms with E-state index in [1.165, 1.54) is 0 Å². The van der Waals surface area contributed by atoms with Crippen molar-refractivity contribution in [1.82, 2.24) is 5.43 Å². The van der Waals surface area contributed by atoms with Gasteiger partial charge < -0.3 is 14.5 Å². The Hall–Kier alpha value is -3.87. The van der Waals surface area contributed by atoms with Gasteiger partial charge in [0.15, 0.2) is 5.76 Å². The van der Waals surface area contributed by atoms with Crippen molar-refractivity contribution in [2.45, 2.75) is 33.1 Å². The van der Waals surface area contributed by atoms with E-state index >= 15 is 0 Å². The molecule has 7 heteroatoms. The molecular weight excluding hydrogens is 406 g/mol. The lowest BCUT2D eigenvalue weighted by Gasteiger charge is -2.13. The van der Waals surface area contributed by atoms with Crippen LogP contribution in [0.5, 0.6) is 5.75 Å². The number of carbonyl (C=O) groups excluding carboxylic acids is 2. The normalized spacial score (nSPS) is 14.0. The van der Waals surface area contributed by atoms with E-state index in [1.807, 2.05) is 26.0 Å². The Labute approximate surface area is 186 Å². The van der Waals surface area contributed by atoms with Crippen molar-refractivity contribution in [3.05, 3.63) is 82.3 Å². The number of amides is 2. The number of furan rings is 1. The molecule has 164 valence electrons. The van der Waals surface area contributed by atoms with Crippen LogP contribution in [0.3, 0.4) is 0 Å². The van der Waals surface area contributed by atoms with E-state index in [0.29, 0.717) is 29.0 Å². The summed E-state index contributed by atoms with van der Waals surface area (Å²) >= 11 is 0. The third kappa shape index (κ3) is 4.42. The molecule has 4 rings (SSSR count). The molecule has 0 saturated carbocycles. The highest BCUT2D eigenvalue weighted by molar-refractivity contribution is 6.09. The number of ether oxygens (including phenoxy) is 1. The number of hydrogen-bond donors (Lipinski definition) is 2. The predicted octanol–water partition coefficient (Wildman–Crippen LogP) is 4.63. The third-order valence-corrected chi connectivity index (χ3v) is 5.49. The van der Waals surface area contributed by atoms with Gasteiger partial charge in [0.05, 0.1) is 12.8 Å². The van der Waals surface area contributed by atoms with Gasteiger partial charge in [0.1, 0.15) is 11.5 Å². The average Bonchev–Trinajstić information content (AvgIpc) is 3.15. The number of aryl methyl sites for hydroxylation is 2. The smallest absolute Gasteiger partial charge is 0.291 e. The Bertz CT molecular complexity index is 1180. The van der Waals surface area contributed by atoms with E-state index in [9.17, 15) is 9.59 Å². The molecule has 2 amide bonds. The minimum absolute atomic E-state index is 0.255. The molecule has 0 aliphatic heterocycles. The summed E-state index contributed by atoms with van der Waals surface area (Å²) in [5, 5.41) is 7.22. The third-order valence-electron chi connectivity index (χ3n) is 5.49. The van der Waals surface area contributed by atoms with Crippen molar-refractivity contribution in [3.8, 4) is 5.75 Å². The molecule has 2 N–H and O–H groups in total. The zero-order valence-electron chi connectivity index (χ0n) is 18.3. The molecule has 32 heavy (non-hydrogen) atoms. The summed E-state index contributed by atoms with van der Waals surface area (Å²) in [6.07, 6.45) is 2.25. The molecular formula is C25H25N3O4. The van der Waals surface area contributed by atoms with Crippen LogP contribution in [0.2, 0.25) is 0 Å². The maximum Gasteiger partial charge on any atom is 0.291 e. The molecule has 0 saturated heterocycles. The number of carbonyl (C=O) groups is 2. The fourth-order valence-electron chi connectivity index (χ4n) is 3.75. The topological polar surface area (TPSA) is 92.9 Å². The zero-order chi connectivity index (χ0) is 22.7. The summed E-state index contributed by atoms with van der Waals surface area (Å²) in [5.41, 5.74) is 7.15. The van der Waals surface area contributed by atoms with Crippen LogP contribution < -0.4 is 15.5 Å². The van der Waals surface area contributed by atoms with Crippen molar-refractivity contribution in [3.63, 3.8) is 0 Å². The van der Waals surface area contributed by atoms with E-state index in [4.69, 9.17) is 9.15 Å². The fourth-order valence-corrected chi connectivity index (χ4v) is 3.75. The number of nitrogens with zero attached hydrogens (tertiary/aromatic N) is 1. The highest BCUT2D eigenvalue weighted by Crippen LogP contribution is 2.30. The van der Waals surface area contributed by atoms with Crippen LogP contribution >= 0.6 is 0 Å². The second kappa shape index (κ2) is 9.09. The summed E-state index contributed by atoms with van der Waals surface area (Å²) in [6, 6.07) is 14.4. The Kier molecular flexibility index (Phi) is 6.07. The predicted molar refractivity (Wildman–Crippen MR) is 123 cm³/mol. The largest absolute Gasteiger partial charge is 0.497 e. The molecule has 7 nitrogen and oxygen atoms in total. The molecule has 1 aliphatic carbocycles. The SMILES string of the molecule is COc1ccc(NC(=O)c2oc3c(c2C)/C(=N/NC(=O)c2ccc(C)cc2)CCC3)cc1. The van der Waals surface area contributed by atoms with Crippen LogP contribution in [0, 0.1) is 13.8 Å². The second-order valence-electron chi connectivity index (χ2n) is 7.76. The first-order valence-corrected chi connectivity index (χ1v) is 10.5. The molecule has 2 aromatic carbocycles. The number of rotatable bonds is 5. The molecule has 3 aromatic rings. The summed E-state index contributed by atoms with van der Waals surface area (Å²) in [5.74, 6) is 1.08. The molecule has 0 atom stereocenters. The summed E-state index contributed by atoms with van der Waals surface area (Å²) in [6.45, 7) is 3.81. The Morgan fingerprint density at radius 2 is 1.69 bits per heavy atom. The standard InChI is InChI=1S/C25H25N3O4/c1-15-7-9-17(10-8-15)24(29)28-27-20-5-4-6-21-22(20)16(2)23(32-21)25(30)26-18-11-13-19(31-3)14-12-18/h7-14H,4-6H2,1-3H3,(H,26,30)(H,28,29)/b27-20+. The highest BCUT2D eigenvalue weighted by atomic mass is 16.5. The molecule has 1 aromatic heterocycles. The van der Waals surface area contributed by atoms with Crippen molar-refractivity contribution in [1.29, 1.82) is 0 Å². The fraction of sp³-hybridized carbons (Fsp3) is 0.240. The van der Waals surface area contributed by atoms with Crippen LogP contribution in [0.15, 0.2) is 58.0 Å². The van der Waals surface area contributed by atoms with Gasteiger partial charge in [-0.05, 0) is 63.1 Å². The van der Waals surface area contributed by atoms with Gasteiger partial charge in [-0.3, -0.25) is 9.59 Å². The first-order valence-electron chi connectivity index (χ1n) is 10.5. The van der Waals surface area contributed by atoms with Crippen molar-refractivity contribution in [2.24, 2.45) is 5.10 Å². The van der Waals surface area contributed by atoms with Crippen molar-refractivity contribution in [2.75, 3.05) is 12.4 Å².